The molecule has 1 aromatic heterocycles. The van der Waals surface area contributed by atoms with Gasteiger partial charge in [0.25, 0.3) is 0 Å². The molecule has 0 atom stereocenters. The fraction of sp³-hybridized carbons (Fsp3) is 0.367. The molecule has 1 heterocycles. The van der Waals surface area contributed by atoms with Crippen LogP contribution in [0.3, 0.4) is 0 Å². The summed E-state index contributed by atoms with van der Waals surface area (Å²) in [6.45, 7) is 9.80. The molecule has 0 spiro atoms. The Morgan fingerprint density at radius 2 is 1.55 bits per heavy atom. The van der Waals surface area contributed by atoms with Crippen molar-refractivity contribution in [3.05, 3.63) is 82.9 Å². The van der Waals surface area contributed by atoms with Gasteiger partial charge in [0.1, 0.15) is 28.3 Å². The lowest BCUT2D eigenvalue weighted by atomic mass is 9.76. The first kappa shape index (κ1) is 27.4. The lowest BCUT2D eigenvalue weighted by Crippen LogP contribution is -2.24. The number of aryl methyl sites for hydroxylation is 1. The van der Waals surface area contributed by atoms with Gasteiger partial charge >= 0.3 is 6.18 Å². The van der Waals surface area contributed by atoms with Crippen LogP contribution in [0, 0.1) is 5.41 Å². The maximum absolute atomic E-state index is 13.2. The van der Waals surface area contributed by atoms with Crippen LogP contribution < -0.4 is 0 Å². The van der Waals surface area contributed by atoms with E-state index in [0.717, 1.165) is 29.7 Å². The molecule has 0 aliphatic heterocycles. The number of rotatable bonds is 8. The fourth-order valence-corrected chi connectivity index (χ4v) is 4.45. The van der Waals surface area contributed by atoms with Crippen molar-refractivity contribution in [2.45, 2.75) is 65.5 Å². The van der Waals surface area contributed by atoms with Crippen molar-refractivity contribution in [2.75, 3.05) is 0 Å². The normalized spacial score (nSPS) is 12.7. The highest BCUT2D eigenvalue weighted by molar-refractivity contribution is 5.84. The summed E-state index contributed by atoms with van der Waals surface area (Å²) in [5.74, 6) is 0.0697. The second-order valence-electron chi connectivity index (χ2n) is 10.9. The van der Waals surface area contributed by atoms with Gasteiger partial charge in [0.2, 0.25) is 0 Å². The highest BCUT2D eigenvalue weighted by atomic mass is 19.4. The maximum atomic E-state index is 13.2. The molecule has 3 aromatic carbocycles. The van der Waals surface area contributed by atoms with Gasteiger partial charge in [0, 0.05) is 22.8 Å². The molecular weight excluding hydrogens is 491 g/mol. The number of Topliss-reactive ketones (excluding diaryl/α,β-unsaturated/α-hetero) is 1. The Kier molecular flexibility index (Phi) is 7.12. The van der Waals surface area contributed by atoms with Gasteiger partial charge in [-0.1, -0.05) is 71.0 Å². The van der Waals surface area contributed by atoms with Crippen LogP contribution in [0.25, 0.3) is 16.7 Å². The third kappa shape index (κ3) is 5.30. The minimum atomic E-state index is -4.51. The van der Waals surface area contributed by atoms with Gasteiger partial charge in [-0.2, -0.15) is 13.2 Å². The number of aromatic hydroxyl groups is 1. The molecule has 0 saturated carbocycles. The number of carbonyl (C=O) groups is 1. The summed E-state index contributed by atoms with van der Waals surface area (Å²) in [6, 6.07) is 16.5. The largest absolute Gasteiger partial charge is 0.505 e. The molecule has 1 N–H and O–H groups in total. The van der Waals surface area contributed by atoms with Crippen LogP contribution in [-0.4, -0.2) is 25.9 Å². The number of nitrogens with zero attached hydrogens (tertiary/aromatic N) is 3. The fourth-order valence-electron chi connectivity index (χ4n) is 4.45. The summed E-state index contributed by atoms with van der Waals surface area (Å²) in [5, 5.41) is 20.1. The van der Waals surface area contributed by atoms with E-state index in [1.807, 2.05) is 71.0 Å². The number of benzene rings is 3. The smallest absolute Gasteiger partial charge is 0.416 e. The summed E-state index contributed by atoms with van der Waals surface area (Å²) in [5.41, 5.74) is 1.06. The van der Waals surface area contributed by atoms with Gasteiger partial charge in [-0.25, -0.2) is 0 Å². The number of hydrogen-bond donors (Lipinski definition) is 1. The Hall–Kier alpha value is -3.68. The minimum Gasteiger partial charge on any atom is -0.505 e. The van der Waals surface area contributed by atoms with Crippen LogP contribution in [0.5, 0.6) is 5.75 Å². The first-order valence-electron chi connectivity index (χ1n) is 12.6. The van der Waals surface area contributed by atoms with E-state index < -0.39 is 22.6 Å². The zero-order chi connectivity index (χ0) is 27.9. The Morgan fingerprint density at radius 1 is 0.895 bits per heavy atom. The number of aromatic nitrogens is 3. The first-order valence-corrected chi connectivity index (χ1v) is 12.6. The molecule has 0 aliphatic carbocycles. The van der Waals surface area contributed by atoms with E-state index in [-0.39, 0.29) is 28.3 Å². The Morgan fingerprint density at radius 3 is 2.18 bits per heavy atom. The van der Waals surface area contributed by atoms with Crippen molar-refractivity contribution in [3.63, 3.8) is 0 Å². The van der Waals surface area contributed by atoms with Gasteiger partial charge in [-0.15, -0.1) is 15.0 Å². The molecule has 0 saturated heterocycles. The van der Waals surface area contributed by atoms with E-state index in [2.05, 4.69) is 10.2 Å². The number of alkyl halides is 3. The summed E-state index contributed by atoms with van der Waals surface area (Å²) in [6.07, 6.45) is -3.03. The SMILES string of the molecule is CCC(C)(C)C(=O)CCc1cc(-n2nc3ccc(C(F)(F)F)cc3n2)c(O)c(C(C)(C)c2ccccc2)c1. The molecule has 200 valence electrons. The standard InChI is InChI=1S/C30H32F3N3O2/c1-6-28(2,3)26(37)15-12-19-16-22(29(4,5)20-10-8-7-9-11-20)27(38)25(17-19)36-34-23-14-13-21(30(31,32)33)18-24(23)35-36/h7-11,13-14,16-18,38H,6,12,15H2,1-5H3. The Labute approximate surface area is 220 Å². The van der Waals surface area contributed by atoms with E-state index in [0.29, 0.717) is 18.4 Å². The summed E-state index contributed by atoms with van der Waals surface area (Å²) < 4.78 is 39.7. The second-order valence-corrected chi connectivity index (χ2v) is 10.9. The van der Waals surface area contributed by atoms with Crippen LogP contribution in [0.15, 0.2) is 60.7 Å². The second kappa shape index (κ2) is 9.89. The molecule has 5 nitrogen and oxygen atoms in total. The molecule has 0 aliphatic rings. The zero-order valence-corrected chi connectivity index (χ0v) is 22.2. The molecule has 8 heteroatoms. The van der Waals surface area contributed by atoms with Crippen molar-refractivity contribution in [2.24, 2.45) is 5.41 Å². The molecule has 0 unspecified atom stereocenters. The van der Waals surface area contributed by atoms with Gasteiger partial charge < -0.3 is 5.11 Å². The van der Waals surface area contributed by atoms with Crippen LogP contribution in [0.2, 0.25) is 0 Å². The topological polar surface area (TPSA) is 68.0 Å². The van der Waals surface area contributed by atoms with Crippen molar-refractivity contribution in [1.29, 1.82) is 0 Å². The van der Waals surface area contributed by atoms with Gasteiger partial charge in [0.05, 0.1) is 5.56 Å². The Bertz CT molecular complexity index is 1470. The lowest BCUT2D eigenvalue weighted by Gasteiger charge is -2.28. The average molecular weight is 524 g/mol. The first-order chi connectivity index (χ1) is 17.7. The van der Waals surface area contributed by atoms with E-state index in [1.54, 1.807) is 6.07 Å². The van der Waals surface area contributed by atoms with Crippen LogP contribution >= 0.6 is 0 Å². The monoisotopic (exact) mass is 523 g/mol. The van der Waals surface area contributed by atoms with Crippen molar-refractivity contribution in [3.8, 4) is 11.4 Å². The third-order valence-corrected chi connectivity index (χ3v) is 7.52. The Balaban J connectivity index is 1.84. The number of phenolic OH excluding ortho intramolecular Hbond substituents is 1. The van der Waals surface area contributed by atoms with E-state index in [9.17, 15) is 23.1 Å². The molecule has 4 aromatic rings. The molecular formula is C30H32F3N3O2. The van der Waals surface area contributed by atoms with Crippen molar-refractivity contribution >= 4 is 16.8 Å². The van der Waals surface area contributed by atoms with E-state index in [4.69, 9.17) is 0 Å². The number of ketones is 1. The van der Waals surface area contributed by atoms with Crippen LogP contribution in [-0.2, 0) is 22.8 Å². The minimum absolute atomic E-state index is 0.0633. The molecule has 0 bridgehead atoms. The molecule has 0 amide bonds. The molecule has 0 fully saturated rings. The van der Waals surface area contributed by atoms with Crippen LogP contribution in [0.1, 0.15) is 69.7 Å². The van der Waals surface area contributed by atoms with Crippen LogP contribution in [0.4, 0.5) is 13.2 Å². The summed E-state index contributed by atoms with van der Waals surface area (Å²) in [7, 11) is 0. The number of halogens is 3. The molecule has 4 rings (SSSR count). The van der Waals surface area contributed by atoms with E-state index >= 15 is 0 Å². The number of phenols is 1. The third-order valence-electron chi connectivity index (χ3n) is 7.52. The predicted octanol–water partition coefficient (Wildman–Crippen LogP) is 7.41. The highest BCUT2D eigenvalue weighted by Gasteiger charge is 2.32. The maximum Gasteiger partial charge on any atom is 0.416 e. The number of carbonyl (C=O) groups excluding carboxylic acids is 1. The predicted molar refractivity (Wildman–Crippen MR) is 142 cm³/mol. The zero-order valence-electron chi connectivity index (χ0n) is 22.2. The van der Waals surface area contributed by atoms with E-state index in [1.165, 1.54) is 10.9 Å². The number of fused-ring (bicyclic) bond motifs is 1. The number of hydrogen-bond acceptors (Lipinski definition) is 4. The lowest BCUT2D eigenvalue weighted by molar-refractivity contribution is -0.137. The highest BCUT2D eigenvalue weighted by Crippen LogP contribution is 2.41. The van der Waals surface area contributed by atoms with Gasteiger partial charge in [-0.05, 0) is 48.2 Å². The van der Waals surface area contributed by atoms with Gasteiger partial charge in [0.15, 0.2) is 0 Å². The quantitative estimate of drug-likeness (QED) is 0.261. The van der Waals surface area contributed by atoms with Crippen molar-refractivity contribution in [1.82, 2.24) is 15.0 Å². The van der Waals surface area contributed by atoms with Crippen molar-refractivity contribution < 1.29 is 23.1 Å². The molecule has 38 heavy (non-hydrogen) atoms. The average Bonchev–Trinajstić information content (AvgIpc) is 3.31. The molecule has 0 radical (unpaired) electrons. The van der Waals surface area contributed by atoms with Gasteiger partial charge in [-0.3, -0.25) is 4.79 Å². The summed E-state index contributed by atoms with van der Waals surface area (Å²) in [4.78, 5) is 14.0. The summed E-state index contributed by atoms with van der Waals surface area (Å²) >= 11 is 0.